The van der Waals surface area contributed by atoms with Crippen LogP contribution < -0.4 is 0 Å². The normalized spacial score (nSPS) is 20.1. The molecule has 0 radical (unpaired) electrons. The first-order valence-corrected chi connectivity index (χ1v) is 7.29. The second-order valence-electron chi connectivity index (χ2n) is 6.02. The summed E-state index contributed by atoms with van der Waals surface area (Å²) in [5.74, 6) is -0.334. The van der Waals surface area contributed by atoms with Crippen LogP contribution in [0.25, 0.3) is 0 Å². The molecule has 20 heavy (non-hydrogen) atoms. The van der Waals surface area contributed by atoms with Crippen molar-refractivity contribution in [2.45, 2.75) is 59.0 Å². The summed E-state index contributed by atoms with van der Waals surface area (Å²) in [5, 5.41) is 20.2. The zero-order chi connectivity index (χ0) is 15.4. The number of carbonyl (C=O) groups is 1. The first-order chi connectivity index (χ1) is 9.31. The number of esters is 1. The van der Waals surface area contributed by atoms with Gasteiger partial charge in [0, 0.05) is 6.08 Å². The molecule has 0 aromatic carbocycles. The molecule has 0 heterocycles. The van der Waals surface area contributed by atoms with Crippen molar-refractivity contribution in [1.82, 2.24) is 0 Å². The van der Waals surface area contributed by atoms with Crippen LogP contribution in [0.2, 0.25) is 0 Å². The van der Waals surface area contributed by atoms with Crippen LogP contribution in [0.15, 0.2) is 11.6 Å². The van der Waals surface area contributed by atoms with E-state index in [0.29, 0.717) is 19.4 Å². The van der Waals surface area contributed by atoms with Crippen LogP contribution in [0.1, 0.15) is 53.4 Å². The lowest BCUT2D eigenvalue weighted by Gasteiger charge is -2.37. The molecule has 1 saturated carbocycles. The Morgan fingerprint density at radius 1 is 1.55 bits per heavy atom. The second kappa shape index (κ2) is 6.41. The molecule has 0 bridgehead atoms. The van der Waals surface area contributed by atoms with Gasteiger partial charge in [-0.1, -0.05) is 19.4 Å². The fourth-order valence-electron chi connectivity index (χ4n) is 2.69. The second-order valence-corrected chi connectivity index (χ2v) is 6.02. The Balaban J connectivity index is 2.70. The highest BCUT2D eigenvalue weighted by molar-refractivity contribution is 5.82. The van der Waals surface area contributed by atoms with Crippen molar-refractivity contribution >= 4 is 5.97 Å². The molecule has 4 heteroatoms. The van der Waals surface area contributed by atoms with E-state index in [9.17, 15) is 15.2 Å². The van der Waals surface area contributed by atoms with Gasteiger partial charge < -0.3 is 9.84 Å². The molecule has 0 spiro atoms. The van der Waals surface area contributed by atoms with Crippen LogP contribution in [0.4, 0.5) is 0 Å². The summed E-state index contributed by atoms with van der Waals surface area (Å²) in [5.41, 5.74) is -0.701. The zero-order valence-electron chi connectivity index (χ0n) is 12.9. The van der Waals surface area contributed by atoms with Gasteiger partial charge in [0.15, 0.2) is 0 Å². The third-order valence-electron chi connectivity index (χ3n) is 4.30. The molecule has 1 aliphatic rings. The maximum Gasteiger partial charge on any atom is 0.330 e. The van der Waals surface area contributed by atoms with Gasteiger partial charge in [0.1, 0.15) is 0 Å². The summed E-state index contributed by atoms with van der Waals surface area (Å²) in [4.78, 5) is 11.4. The van der Waals surface area contributed by atoms with Gasteiger partial charge in [-0.2, -0.15) is 5.26 Å². The Labute approximate surface area is 121 Å². The highest BCUT2D eigenvalue weighted by atomic mass is 16.5. The van der Waals surface area contributed by atoms with Gasteiger partial charge in [0.05, 0.1) is 23.7 Å². The highest BCUT2D eigenvalue weighted by Gasteiger charge is 2.60. The molecule has 0 aromatic rings. The summed E-state index contributed by atoms with van der Waals surface area (Å²) in [6.07, 6.45) is 4.09. The number of hydrogen-bond acceptors (Lipinski definition) is 4. The van der Waals surface area contributed by atoms with Crippen molar-refractivity contribution in [3.8, 4) is 6.07 Å². The van der Waals surface area contributed by atoms with E-state index in [1.54, 1.807) is 6.92 Å². The van der Waals surface area contributed by atoms with Crippen LogP contribution in [-0.2, 0) is 9.53 Å². The van der Waals surface area contributed by atoms with E-state index in [-0.39, 0.29) is 11.9 Å². The molecule has 0 saturated heterocycles. The first-order valence-electron chi connectivity index (χ1n) is 7.29. The molecule has 1 N–H and O–H groups in total. The van der Waals surface area contributed by atoms with Crippen molar-refractivity contribution in [1.29, 1.82) is 5.26 Å². The number of nitriles is 1. The maximum absolute atomic E-state index is 11.4. The van der Waals surface area contributed by atoms with E-state index in [4.69, 9.17) is 4.74 Å². The van der Waals surface area contributed by atoms with Crippen LogP contribution in [0, 0.1) is 22.7 Å². The molecule has 1 unspecified atom stereocenters. The summed E-state index contributed by atoms with van der Waals surface area (Å²) in [6, 6.07) is 2.30. The van der Waals surface area contributed by atoms with Gasteiger partial charge in [-0.3, -0.25) is 0 Å². The van der Waals surface area contributed by atoms with Crippen molar-refractivity contribution in [3.05, 3.63) is 11.6 Å². The number of rotatable bonds is 7. The van der Waals surface area contributed by atoms with Crippen LogP contribution in [0.5, 0.6) is 0 Å². The lowest BCUT2D eigenvalue weighted by molar-refractivity contribution is -0.137. The topological polar surface area (TPSA) is 70.3 Å². The molecule has 1 fully saturated rings. The van der Waals surface area contributed by atoms with E-state index < -0.39 is 11.0 Å². The van der Waals surface area contributed by atoms with Gasteiger partial charge in [-0.15, -0.1) is 0 Å². The van der Waals surface area contributed by atoms with Crippen molar-refractivity contribution in [2.24, 2.45) is 11.3 Å². The van der Waals surface area contributed by atoms with Gasteiger partial charge in [0.25, 0.3) is 0 Å². The van der Waals surface area contributed by atoms with Gasteiger partial charge in [-0.05, 0) is 45.4 Å². The lowest BCUT2D eigenvalue weighted by atomic mass is 9.73. The Morgan fingerprint density at radius 2 is 2.15 bits per heavy atom. The average Bonchev–Trinajstić information content (AvgIpc) is 3.17. The molecule has 1 atom stereocenters. The van der Waals surface area contributed by atoms with Gasteiger partial charge in [0.2, 0.25) is 0 Å². The molecule has 0 aromatic heterocycles. The minimum atomic E-state index is -0.981. The Hall–Kier alpha value is -1.34. The Bertz CT molecular complexity index is 429. The number of hydrogen-bond donors (Lipinski definition) is 1. The number of nitrogens with zero attached hydrogens (tertiary/aromatic N) is 1. The van der Waals surface area contributed by atoms with Crippen molar-refractivity contribution in [2.75, 3.05) is 6.61 Å². The SMILES string of the molecule is CCOC(=O)/C=C(/C)CCC(O)(C(C)C)C1(C#N)CC1. The summed E-state index contributed by atoms with van der Waals surface area (Å²) in [6.45, 7) is 7.87. The standard InChI is InChI=1S/C16H25NO3/c1-5-20-14(18)10-13(4)6-7-16(19,12(2)3)15(11-17)8-9-15/h10,12,19H,5-9H2,1-4H3/b13-10-. The predicted octanol–water partition coefficient (Wildman–Crippen LogP) is 2.97. The largest absolute Gasteiger partial charge is 0.463 e. The maximum atomic E-state index is 11.4. The number of carbonyl (C=O) groups excluding carboxylic acids is 1. The minimum Gasteiger partial charge on any atom is -0.463 e. The summed E-state index contributed by atoms with van der Waals surface area (Å²) < 4.78 is 4.86. The van der Waals surface area contributed by atoms with E-state index >= 15 is 0 Å². The predicted molar refractivity (Wildman–Crippen MR) is 76.7 cm³/mol. The number of allylic oxidation sites excluding steroid dienone is 1. The Morgan fingerprint density at radius 3 is 2.55 bits per heavy atom. The highest BCUT2D eigenvalue weighted by Crippen LogP contribution is 2.58. The molecule has 1 rings (SSSR count). The van der Waals surface area contributed by atoms with Crippen LogP contribution in [-0.4, -0.2) is 23.3 Å². The fraction of sp³-hybridized carbons (Fsp3) is 0.750. The number of aliphatic hydroxyl groups is 1. The van der Waals surface area contributed by atoms with E-state index in [0.717, 1.165) is 18.4 Å². The van der Waals surface area contributed by atoms with Crippen molar-refractivity contribution < 1.29 is 14.6 Å². The third kappa shape index (κ3) is 3.40. The monoisotopic (exact) mass is 279 g/mol. The van der Waals surface area contributed by atoms with Gasteiger partial charge >= 0.3 is 5.97 Å². The van der Waals surface area contributed by atoms with Crippen LogP contribution in [0.3, 0.4) is 0 Å². The molecule has 1 aliphatic carbocycles. The molecular formula is C16H25NO3. The van der Waals surface area contributed by atoms with Crippen molar-refractivity contribution in [3.63, 3.8) is 0 Å². The van der Waals surface area contributed by atoms with Gasteiger partial charge in [-0.25, -0.2) is 4.79 Å². The average molecular weight is 279 g/mol. The van der Waals surface area contributed by atoms with E-state index in [1.165, 1.54) is 6.08 Å². The molecule has 0 amide bonds. The van der Waals surface area contributed by atoms with E-state index in [2.05, 4.69) is 6.07 Å². The summed E-state index contributed by atoms with van der Waals surface area (Å²) >= 11 is 0. The molecular weight excluding hydrogens is 254 g/mol. The third-order valence-corrected chi connectivity index (χ3v) is 4.30. The molecule has 0 aliphatic heterocycles. The number of ether oxygens (including phenoxy) is 1. The molecule has 4 nitrogen and oxygen atoms in total. The van der Waals surface area contributed by atoms with Crippen LogP contribution >= 0.6 is 0 Å². The smallest absolute Gasteiger partial charge is 0.330 e. The molecule has 112 valence electrons. The first kappa shape index (κ1) is 16.7. The minimum absolute atomic E-state index is 0.0139. The Kier molecular flexibility index (Phi) is 5.35. The zero-order valence-corrected chi connectivity index (χ0v) is 12.9. The van der Waals surface area contributed by atoms with E-state index in [1.807, 2.05) is 20.8 Å². The quantitative estimate of drug-likeness (QED) is 0.574. The lowest BCUT2D eigenvalue weighted by Crippen LogP contribution is -2.44. The summed E-state index contributed by atoms with van der Waals surface area (Å²) in [7, 11) is 0. The fourth-order valence-corrected chi connectivity index (χ4v) is 2.69.